The van der Waals surface area contributed by atoms with Crippen LogP contribution >= 0.6 is 15.9 Å². The average molecular weight is 354 g/mol. The molecule has 0 spiro atoms. The zero-order chi connectivity index (χ0) is 15.2. The van der Waals surface area contributed by atoms with Gasteiger partial charge in [0, 0.05) is 42.3 Å². The van der Waals surface area contributed by atoms with Gasteiger partial charge in [0.1, 0.15) is 5.75 Å². The van der Waals surface area contributed by atoms with Crippen LogP contribution in [0.5, 0.6) is 5.75 Å². The molecule has 114 valence electrons. The van der Waals surface area contributed by atoms with E-state index < -0.39 is 0 Å². The molecular formula is C15H20BrN3O2. The second-order valence-corrected chi connectivity index (χ2v) is 5.90. The normalized spacial score (nSPS) is 17.1. The second-order valence-electron chi connectivity index (χ2n) is 4.99. The Bertz CT molecular complexity index is 526. The molecule has 1 saturated heterocycles. The van der Waals surface area contributed by atoms with E-state index in [0.717, 1.165) is 42.0 Å². The van der Waals surface area contributed by atoms with Gasteiger partial charge in [0.15, 0.2) is 0 Å². The molecule has 0 bridgehead atoms. The van der Waals surface area contributed by atoms with Gasteiger partial charge in [-0.25, -0.2) is 5.01 Å². The Labute approximate surface area is 133 Å². The van der Waals surface area contributed by atoms with Crippen LogP contribution in [0.2, 0.25) is 0 Å². The number of piperazine rings is 1. The maximum atomic E-state index is 11.9. The Balaban J connectivity index is 1.94. The molecule has 0 radical (unpaired) electrons. The fourth-order valence-corrected chi connectivity index (χ4v) is 2.49. The maximum Gasteiger partial charge on any atom is 0.258 e. The molecule has 0 saturated carbocycles. The fourth-order valence-electron chi connectivity index (χ4n) is 2.11. The largest absolute Gasteiger partial charge is 0.496 e. The van der Waals surface area contributed by atoms with Gasteiger partial charge in [-0.1, -0.05) is 15.9 Å². The van der Waals surface area contributed by atoms with E-state index in [2.05, 4.69) is 33.3 Å². The Morgan fingerprint density at radius 2 is 2.05 bits per heavy atom. The minimum absolute atomic E-state index is 0.124. The highest BCUT2D eigenvalue weighted by atomic mass is 79.9. The molecule has 5 nitrogen and oxygen atoms in total. The number of amides is 1. The molecule has 1 amide bonds. The van der Waals surface area contributed by atoms with Crippen LogP contribution < -0.4 is 10.2 Å². The van der Waals surface area contributed by atoms with Crippen molar-refractivity contribution in [1.29, 1.82) is 0 Å². The van der Waals surface area contributed by atoms with Crippen molar-refractivity contribution >= 4 is 27.9 Å². The number of benzene rings is 1. The van der Waals surface area contributed by atoms with Gasteiger partial charge in [0.2, 0.25) is 0 Å². The van der Waals surface area contributed by atoms with E-state index in [0.29, 0.717) is 0 Å². The van der Waals surface area contributed by atoms with Gasteiger partial charge < -0.3 is 9.64 Å². The lowest BCUT2D eigenvalue weighted by atomic mass is 10.2. The van der Waals surface area contributed by atoms with Crippen molar-refractivity contribution in [1.82, 2.24) is 15.3 Å². The lowest BCUT2D eigenvalue weighted by Gasteiger charge is -2.31. The summed E-state index contributed by atoms with van der Waals surface area (Å²) in [6.45, 7) is 3.61. The highest BCUT2D eigenvalue weighted by molar-refractivity contribution is 9.10. The first-order chi connectivity index (χ1) is 10.1. The summed E-state index contributed by atoms with van der Waals surface area (Å²) in [4.78, 5) is 14.2. The molecule has 1 N–H and O–H groups in total. The summed E-state index contributed by atoms with van der Waals surface area (Å²) in [5.41, 5.74) is 3.75. The van der Waals surface area contributed by atoms with Crippen LogP contribution in [0.1, 0.15) is 5.56 Å². The first kappa shape index (κ1) is 16.0. The summed E-state index contributed by atoms with van der Waals surface area (Å²) in [6, 6.07) is 5.68. The number of nitrogens with one attached hydrogen (secondary N) is 1. The van der Waals surface area contributed by atoms with E-state index in [4.69, 9.17) is 4.74 Å². The topological polar surface area (TPSA) is 44.8 Å². The highest BCUT2D eigenvalue weighted by Crippen LogP contribution is 2.23. The first-order valence-electron chi connectivity index (χ1n) is 6.84. The number of methoxy groups -OCH3 is 1. The molecule has 1 aliphatic heterocycles. The number of carbonyl (C=O) groups is 1. The fraction of sp³-hybridized carbons (Fsp3) is 0.400. The molecule has 0 aromatic heterocycles. The van der Waals surface area contributed by atoms with Crippen LogP contribution in [0.15, 0.2) is 28.7 Å². The van der Waals surface area contributed by atoms with Crippen LogP contribution in [0, 0.1) is 0 Å². The maximum absolute atomic E-state index is 11.9. The summed E-state index contributed by atoms with van der Waals surface area (Å²) in [5.74, 6) is 0.614. The van der Waals surface area contributed by atoms with Crippen molar-refractivity contribution in [3.63, 3.8) is 0 Å². The van der Waals surface area contributed by atoms with E-state index in [1.54, 1.807) is 13.2 Å². The number of carbonyl (C=O) groups excluding carboxylic acids is 1. The number of hydrazine groups is 1. The predicted octanol–water partition coefficient (Wildman–Crippen LogP) is 1.75. The number of likely N-dealkylation sites (N-methyl/N-ethyl adjacent to an activating group) is 1. The first-order valence-corrected chi connectivity index (χ1v) is 7.63. The zero-order valence-electron chi connectivity index (χ0n) is 12.3. The standard InChI is InChI=1S/C15H20BrN3O2/c1-18-7-9-19(10-8-18)17-15(20)6-3-12-11-13(16)4-5-14(12)21-2/h3-6,11H,7-10H2,1-2H3,(H,17,20)/b6-3+. The Kier molecular flexibility index (Phi) is 5.78. The summed E-state index contributed by atoms with van der Waals surface area (Å²) in [6.07, 6.45) is 3.29. The Morgan fingerprint density at radius 3 is 2.71 bits per heavy atom. The van der Waals surface area contributed by atoms with Gasteiger partial charge in [0.05, 0.1) is 7.11 Å². The minimum Gasteiger partial charge on any atom is -0.496 e. The lowest BCUT2D eigenvalue weighted by molar-refractivity contribution is -0.121. The van der Waals surface area contributed by atoms with Gasteiger partial charge in [-0.15, -0.1) is 0 Å². The molecule has 0 atom stereocenters. The summed E-state index contributed by atoms with van der Waals surface area (Å²) in [7, 11) is 3.70. The number of hydrogen-bond acceptors (Lipinski definition) is 4. The third-order valence-corrected chi connectivity index (χ3v) is 3.87. The van der Waals surface area contributed by atoms with Gasteiger partial charge in [-0.05, 0) is 31.3 Å². The molecule has 6 heteroatoms. The third kappa shape index (κ3) is 4.84. The minimum atomic E-state index is -0.124. The van der Waals surface area contributed by atoms with Crippen LogP contribution in [0.25, 0.3) is 6.08 Å². The number of nitrogens with zero attached hydrogens (tertiary/aromatic N) is 2. The predicted molar refractivity (Wildman–Crippen MR) is 86.9 cm³/mol. The third-order valence-electron chi connectivity index (χ3n) is 3.38. The second kappa shape index (κ2) is 7.59. The molecule has 0 unspecified atom stereocenters. The molecule has 1 aliphatic rings. The molecule has 1 heterocycles. The quantitative estimate of drug-likeness (QED) is 0.837. The Hall–Kier alpha value is -1.37. The zero-order valence-corrected chi connectivity index (χ0v) is 13.9. The number of ether oxygens (including phenoxy) is 1. The van der Waals surface area contributed by atoms with Crippen molar-refractivity contribution in [2.75, 3.05) is 40.3 Å². The van der Waals surface area contributed by atoms with E-state index in [1.165, 1.54) is 6.08 Å². The van der Waals surface area contributed by atoms with Gasteiger partial charge in [-0.3, -0.25) is 10.2 Å². The van der Waals surface area contributed by atoms with Crippen molar-refractivity contribution in [3.05, 3.63) is 34.3 Å². The van der Waals surface area contributed by atoms with Gasteiger partial charge in [0.25, 0.3) is 5.91 Å². The molecule has 1 fully saturated rings. The van der Waals surface area contributed by atoms with Crippen molar-refractivity contribution in [2.45, 2.75) is 0 Å². The summed E-state index contributed by atoms with van der Waals surface area (Å²) >= 11 is 3.41. The van der Waals surface area contributed by atoms with Crippen molar-refractivity contribution < 1.29 is 9.53 Å². The van der Waals surface area contributed by atoms with E-state index in [9.17, 15) is 4.79 Å². The van der Waals surface area contributed by atoms with Crippen LogP contribution in [0.4, 0.5) is 0 Å². The molecule has 0 aliphatic carbocycles. The van der Waals surface area contributed by atoms with Crippen LogP contribution in [-0.2, 0) is 4.79 Å². The van der Waals surface area contributed by atoms with Crippen molar-refractivity contribution in [3.8, 4) is 5.75 Å². The van der Waals surface area contributed by atoms with Gasteiger partial charge in [-0.2, -0.15) is 0 Å². The van der Waals surface area contributed by atoms with E-state index in [1.807, 2.05) is 23.2 Å². The van der Waals surface area contributed by atoms with Gasteiger partial charge >= 0.3 is 0 Å². The molecule has 1 aromatic carbocycles. The average Bonchev–Trinajstić information content (AvgIpc) is 2.48. The molecular weight excluding hydrogens is 334 g/mol. The highest BCUT2D eigenvalue weighted by Gasteiger charge is 2.14. The Morgan fingerprint density at radius 1 is 1.33 bits per heavy atom. The van der Waals surface area contributed by atoms with E-state index >= 15 is 0 Å². The smallest absolute Gasteiger partial charge is 0.258 e. The SMILES string of the molecule is COc1ccc(Br)cc1/C=C/C(=O)NN1CCN(C)CC1. The summed E-state index contributed by atoms with van der Waals surface area (Å²) in [5, 5.41) is 1.95. The molecule has 1 aromatic rings. The van der Waals surface area contributed by atoms with Crippen molar-refractivity contribution in [2.24, 2.45) is 0 Å². The number of halogens is 1. The van der Waals surface area contributed by atoms with Crippen LogP contribution in [-0.4, -0.2) is 56.2 Å². The number of hydrogen-bond donors (Lipinski definition) is 1. The summed E-state index contributed by atoms with van der Waals surface area (Å²) < 4.78 is 6.22. The molecule has 2 rings (SSSR count). The molecule has 21 heavy (non-hydrogen) atoms. The van der Waals surface area contributed by atoms with Crippen LogP contribution in [0.3, 0.4) is 0 Å². The monoisotopic (exact) mass is 353 g/mol. The number of rotatable bonds is 4. The lowest BCUT2D eigenvalue weighted by Crippen LogP contribution is -2.52. The van der Waals surface area contributed by atoms with E-state index in [-0.39, 0.29) is 5.91 Å².